The highest BCUT2D eigenvalue weighted by Crippen LogP contribution is 2.21. The number of carbonyl (C=O) groups excluding carboxylic acids is 1. The van der Waals surface area contributed by atoms with Crippen molar-refractivity contribution in [3.63, 3.8) is 0 Å². The molecule has 19 heavy (non-hydrogen) atoms. The predicted molar refractivity (Wildman–Crippen MR) is 79.2 cm³/mol. The van der Waals surface area contributed by atoms with Crippen LogP contribution in [0.2, 0.25) is 0 Å². The van der Waals surface area contributed by atoms with Gasteiger partial charge in [0, 0.05) is 19.9 Å². The SMILES string of the molecule is Cc1ccc(CC(=O)Cc2c(Br)c(C)nn2C)cc1. The second kappa shape index (κ2) is 5.70. The lowest BCUT2D eigenvalue weighted by Crippen LogP contribution is -2.10. The van der Waals surface area contributed by atoms with E-state index in [2.05, 4.69) is 21.0 Å². The second-order valence-electron chi connectivity index (χ2n) is 4.85. The van der Waals surface area contributed by atoms with E-state index in [4.69, 9.17) is 0 Å². The van der Waals surface area contributed by atoms with Crippen LogP contribution in [-0.4, -0.2) is 15.6 Å². The minimum absolute atomic E-state index is 0.201. The first-order chi connectivity index (χ1) is 8.97. The van der Waals surface area contributed by atoms with E-state index in [1.807, 2.05) is 45.2 Å². The highest BCUT2D eigenvalue weighted by molar-refractivity contribution is 9.10. The summed E-state index contributed by atoms with van der Waals surface area (Å²) in [6, 6.07) is 8.09. The van der Waals surface area contributed by atoms with E-state index < -0.39 is 0 Å². The van der Waals surface area contributed by atoms with E-state index in [1.54, 1.807) is 4.68 Å². The van der Waals surface area contributed by atoms with Crippen molar-refractivity contribution in [3.8, 4) is 0 Å². The number of rotatable bonds is 4. The fourth-order valence-electron chi connectivity index (χ4n) is 2.06. The summed E-state index contributed by atoms with van der Waals surface area (Å²) in [5.74, 6) is 0.201. The molecule has 1 aromatic carbocycles. The van der Waals surface area contributed by atoms with Crippen LogP contribution < -0.4 is 0 Å². The lowest BCUT2D eigenvalue weighted by atomic mass is 10.0. The van der Waals surface area contributed by atoms with Gasteiger partial charge < -0.3 is 0 Å². The summed E-state index contributed by atoms with van der Waals surface area (Å²) in [5, 5.41) is 4.30. The van der Waals surface area contributed by atoms with Crippen molar-refractivity contribution in [1.82, 2.24) is 9.78 Å². The van der Waals surface area contributed by atoms with Gasteiger partial charge in [0.15, 0.2) is 0 Å². The molecule has 3 nitrogen and oxygen atoms in total. The van der Waals surface area contributed by atoms with E-state index in [-0.39, 0.29) is 5.78 Å². The maximum atomic E-state index is 12.1. The van der Waals surface area contributed by atoms with Crippen LogP contribution in [0.1, 0.15) is 22.5 Å². The Morgan fingerprint density at radius 3 is 2.37 bits per heavy atom. The number of Topliss-reactive ketones (excluding diaryl/α,β-unsaturated/α-hetero) is 1. The van der Waals surface area contributed by atoms with Crippen molar-refractivity contribution in [2.75, 3.05) is 0 Å². The Labute approximate surface area is 121 Å². The number of aromatic nitrogens is 2. The van der Waals surface area contributed by atoms with Crippen molar-refractivity contribution < 1.29 is 4.79 Å². The third kappa shape index (κ3) is 3.32. The summed E-state index contributed by atoms with van der Waals surface area (Å²) in [5.41, 5.74) is 4.13. The van der Waals surface area contributed by atoms with Gasteiger partial charge in [-0.1, -0.05) is 29.8 Å². The van der Waals surface area contributed by atoms with Crippen molar-refractivity contribution >= 4 is 21.7 Å². The molecule has 4 heteroatoms. The minimum Gasteiger partial charge on any atom is -0.299 e. The molecule has 0 saturated carbocycles. The number of carbonyl (C=O) groups is 1. The van der Waals surface area contributed by atoms with Crippen molar-refractivity contribution in [3.05, 3.63) is 51.3 Å². The van der Waals surface area contributed by atoms with Gasteiger partial charge in [0.05, 0.1) is 15.9 Å². The van der Waals surface area contributed by atoms with Gasteiger partial charge in [-0.05, 0) is 35.3 Å². The van der Waals surface area contributed by atoms with Gasteiger partial charge in [-0.3, -0.25) is 9.48 Å². The normalized spacial score (nSPS) is 10.7. The Morgan fingerprint density at radius 1 is 1.21 bits per heavy atom. The van der Waals surface area contributed by atoms with Crippen LogP contribution in [-0.2, 0) is 24.7 Å². The van der Waals surface area contributed by atoms with Crippen molar-refractivity contribution in [2.24, 2.45) is 7.05 Å². The van der Waals surface area contributed by atoms with Crippen LogP contribution in [0.15, 0.2) is 28.7 Å². The fraction of sp³-hybridized carbons (Fsp3) is 0.333. The van der Waals surface area contributed by atoms with E-state index in [9.17, 15) is 4.79 Å². The molecule has 2 aromatic rings. The molecule has 1 heterocycles. The number of halogens is 1. The summed E-state index contributed by atoms with van der Waals surface area (Å²) in [7, 11) is 1.87. The summed E-state index contributed by atoms with van der Waals surface area (Å²) in [6.07, 6.45) is 0.878. The zero-order chi connectivity index (χ0) is 14.0. The van der Waals surface area contributed by atoms with Crippen LogP contribution in [0, 0.1) is 13.8 Å². The first kappa shape index (κ1) is 14.0. The third-order valence-electron chi connectivity index (χ3n) is 3.15. The molecule has 0 spiro atoms. The van der Waals surface area contributed by atoms with Gasteiger partial charge in [0.2, 0.25) is 0 Å². The number of ketones is 1. The Morgan fingerprint density at radius 2 is 1.84 bits per heavy atom. The van der Waals surface area contributed by atoms with Gasteiger partial charge in [-0.2, -0.15) is 5.10 Å². The first-order valence-electron chi connectivity index (χ1n) is 6.22. The molecule has 0 fully saturated rings. The Bertz CT molecular complexity index is 599. The minimum atomic E-state index is 0.201. The number of nitrogens with zero attached hydrogens (tertiary/aromatic N) is 2. The summed E-state index contributed by atoms with van der Waals surface area (Å²) in [4.78, 5) is 12.1. The molecule has 0 bridgehead atoms. The Balaban J connectivity index is 2.07. The van der Waals surface area contributed by atoms with Gasteiger partial charge in [0.25, 0.3) is 0 Å². The number of hydrogen-bond acceptors (Lipinski definition) is 2. The lowest BCUT2D eigenvalue weighted by molar-refractivity contribution is -0.117. The highest BCUT2D eigenvalue weighted by Gasteiger charge is 2.14. The quantitative estimate of drug-likeness (QED) is 0.867. The van der Waals surface area contributed by atoms with Crippen LogP contribution in [0.3, 0.4) is 0 Å². The van der Waals surface area contributed by atoms with Crippen molar-refractivity contribution in [1.29, 1.82) is 0 Å². The van der Waals surface area contributed by atoms with E-state index >= 15 is 0 Å². The molecular formula is C15H17BrN2O. The maximum Gasteiger partial charge on any atom is 0.143 e. The van der Waals surface area contributed by atoms with Crippen LogP contribution >= 0.6 is 15.9 Å². The number of aryl methyl sites for hydroxylation is 3. The zero-order valence-corrected chi connectivity index (χ0v) is 13.0. The largest absolute Gasteiger partial charge is 0.299 e. The molecule has 0 atom stereocenters. The molecular weight excluding hydrogens is 304 g/mol. The number of benzene rings is 1. The van der Waals surface area contributed by atoms with E-state index in [0.29, 0.717) is 12.8 Å². The van der Waals surface area contributed by atoms with Gasteiger partial charge >= 0.3 is 0 Å². The van der Waals surface area contributed by atoms with Gasteiger partial charge in [-0.15, -0.1) is 0 Å². The molecule has 2 rings (SSSR count). The standard InChI is InChI=1S/C15H17BrN2O/c1-10-4-6-12(7-5-10)8-13(19)9-14-15(16)11(2)17-18(14)3/h4-7H,8-9H2,1-3H3. The van der Waals surface area contributed by atoms with Crippen LogP contribution in [0.4, 0.5) is 0 Å². The molecule has 0 unspecified atom stereocenters. The Hall–Kier alpha value is -1.42. The first-order valence-corrected chi connectivity index (χ1v) is 7.02. The molecule has 0 radical (unpaired) electrons. The third-order valence-corrected chi connectivity index (χ3v) is 4.18. The molecule has 100 valence electrons. The zero-order valence-electron chi connectivity index (χ0n) is 11.4. The van der Waals surface area contributed by atoms with Crippen LogP contribution in [0.5, 0.6) is 0 Å². The molecule has 1 aromatic heterocycles. The molecule has 0 N–H and O–H groups in total. The summed E-state index contributed by atoms with van der Waals surface area (Å²) < 4.78 is 2.71. The Kier molecular flexibility index (Phi) is 4.20. The lowest BCUT2D eigenvalue weighted by Gasteiger charge is -2.04. The molecule has 0 aliphatic heterocycles. The monoisotopic (exact) mass is 320 g/mol. The molecule has 0 aliphatic rings. The van der Waals surface area contributed by atoms with Gasteiger partial charge in [0.1, 0.15) is 5.78 Å². The predicted octanol–water partition coefficient (Wildman–Crippen LogP) is 3.15. The average Bonchev–Trinajstić information content (AvgIpc) is 2.59. The summed E-state index contributed by atoms with van der Waals surface area (Å²) >= 11 is 3.49. The molecule has 0 saturated heterocycles. The maximum absolute atomic E-state index is 12.1. The molecule has 0 amide bonds. The summed E-state index contributed by atoms with van der Waals surface area (Å²) in [6.45, 7) is 3.97. The highest BCUT2D eigenvalue weighted by atomic mass is 79.9. The van der Waals surface area contributed by atoms with E-state index in [0.717, 1.165) is 21.4 Å². The topological polar surface area (TPSA) is 34.9 Å². The molecule has 0 aliphatic carbocycles. The smallest absolute Gasteiger partial charge is 0.143 e. The second-order valence-corrected chi connectivity index (χ2v) is 5.64. The fourth-order valence-corrected chi connectivity index (χ4v) is 2.53. The van der Waals surface area contributed by atoms with Crippen LogP contribution in [0.25, 0.3) is 0 Å². The number of hydrogen-bond donors (Lipinski definition) is 0. The van der Waals surface area contributed by atoms with Crippen molar-refractivity contribution in [2.45, 2.75) is 26.7 Å². The van der Waals surface area contributed by atoms with E-state index in [1.165, 1.54) is 5.56 Å². The van der Waals surface area contributed by atoms with Gasteiger partial charge in [-0.25, -0.2) is 0 Å². The average molecular weight is 321 g/mol.